The fraction of sp³-hybridized carbons (Fsp3) is 0.545. The molecule has 0 bridgehead atoms. The largest absolute Gasteiger partial charge is 0.474 e. The topological polar surface area (TPSA) is 68.4 Å². The first-order valence-corrected chi connectivity index (χ1v) is 5.28. The predicted molar refractivity (Wildman–Crippen MR) is 56.5 cm³/mol. The molecule has 1 aliphatic rings. The van der Waals surface area contributed by atoms with Gasteiger partial charge in [-0.05, 0) is 24.8 Å². The molecule has 0 unspecified atom stereocenters. The van der Waals surface area contributed by atoms with Crippen molar-refractivity contribution in [3.63, 3.8) is 0 Å². The molecule has 0 aliphatic heterocycles. The molecule has 4 nitrogen and oxygen atoms in total. The van der Waals surface area contributed by atoms with Crippen LogP contribution in [0, 0.1) is 0 Å². The molecular weight excluding hydrogens is 192 g/mol. The standard InChI is InChI=1S/C11H16N2O2/c12-10(7-14)8-4-5-11(13-6-8)15-9-2-1-3-9/h4-6,9-10,14H,1-3,7,12H2/t10-/m0/s1. The van der Waals surface area contributed by atoms with Crippen LogP contribution in [0.4, 0.5) is 0 Å². The summed E-state index contributed by atoms with van der Waals surface area (Å²) in [6.07, 6.45) is 5.50. The Hall–Kier alpha value is -1.13. The maximum absolute atomic E-state index is 8.87. The Kier molecular flexibility index (Phi) is 3.18. The zero-order valence-corrected chi connectivity index (χ0v) is 8.60. The third-order valence-electron chi connectivity index (χ3n) is 2.72. The molecule has 1 aromatic rings. The molecule has 1 aromatic heterocycles. The van der Waals surface area contributed by atoms with Gasteiger partial charge in [0.1, 0.15) is 6.10 Å². The minimum absolute atomic E-state index is 0.0650. The lowest BCUT2D eigenvalue weighted by Gasteiger charge is -2.25. The number of rotatable bonds is 4. The summed E-state index contributed by atoms with van der Waals surface area (Å²) in [6.45, 7) is -0.0650. The van der Waals surface area contributed by atoms with Crippen molar-refractivity contribution in [2.45, 2.75) is 31.4 Å². The molecule has 1 saturated carbocycles. The van der Waals surface area contributed by atoms with E-state index in [4.69, 9.17) is 15.6 Å². The molecule has 0 spiro atoms. The van der Waals surface area contributed by atoms with E-state index in [2.05, 4.69) is 4.98 Å². The molecule has 2 rings (SSSR count). The van der Waals surface area contributed by atoms with Crippen LogP contribution in [0.2, 0.25) is 0 Å². The van der Waals surface area contributed by atoms with Gasteiger partial charge in [-0.25, -0.2) is 4.98 Å². The Bertz CT molecular complexity index is 309. The summed E-state index contributed by atoms with van der Waals surface area (Å²) in [5.41, 5.74) is 6.48. The van der Waals surface area contributed by atoms with Gasteiger partial charge in [-0.2, -0.15) is 0 Å². The minimum Gasteiger partial charge on any atom is -0.474 e. The lowest BCUT2D eigenvalue weighted by atomic mass is 9.96. The highest BCUT2D eigenvalue weighted by Gasteiger charge is 2.19. The molecule has 0 saturated heterocycles. The van der Waals surface area contributed by atoms with Gasteiger partial charge in [0.25, 0.3) is 0 Å². The first-order valence-electron chi connectivity index (χ1n) is 5.28. The van der Waals surface area contributed by atoms with Gasteiger partial charge < -0.3 is 15.6 Å². The second-order valence-corrected chi connectivity index (χ2v) is 3.89. The monoisotopic (exact) mass is 208 g/mol. The summed E-state index contributed by atoms with van der Waals surface area (Å²) < 4.78 is 5.60. The number of hydrogen-bond acceptors (Lipinski definition) is 4. The third kappa shape index (κ3) is 2.46. The number of pyridine rings is 1. The van der Waals surface area contributed by atoms with Crippen LogP contribution in [0.1, 0.15) is 30.9 Å². The number of nitrogens with zero attached hydrogens (tertiary/aromatic N) is 1. The van der Waals surface area contributed by atoms with Gasteiger partial charge in [0, 0.05) is 12.3 Å². The molecule has 4 heteroatoms. The second kappa shape index (κ2) is 4.59. The maximum Gasteiger partial charge on any atom is 0.213 e. The first kappa shape index (κ1) is 10.4. The SMILES string of the molecule is N[C@@H](CO)c1ccc(OC2CCC2)nc1. The summed E-state index contributed by atoms with van der Waals surface area (Å²) in [7, 11) is 0. The number of aliphatic hydroxyl groups is 1. The van der Waals surface area contributed by atoms with Crippen LogP contribution in [-0.2, 0) is 0 Å². The zero-order chi connectivity index (χ0) is 10.7. The lowest BCUT2D eigenvalue weighted by Crippen LogP contribution is -2.25. The van der Waals surface area contributed by atoms with Gasteiger partial charge in [0.05, 0.1) is 12.6 Å². The van der Waals surface area contributed by atoms with Crippen LogP contribution in [0.25, 0.3) is 0 Å². The van der Waals surface area contributed by atoms with Crippen molar-refractivity contribution in [1.29, 1.82) is 0 Å². The number of aromatic nitrogens is 1. The van der Waals surface area contributed by atoms with Gasteiger partial charge >= 0.3 is 0 Å². The predicted octanol–water partition coefficient (Wildman–Crippen LogP) is 1.00. The van der Waals surface area contributed by atoms with Gasteiger partial charge in [-0.15, -0.1) is 0 Å². The van der Waals surface area contributed by atoms with Crippen molar-refractivity contribution < 1.29 is 9.84 Å². The van der Waals surface area contributed by atoms with Gasteiger partial charge in [0.2, 0.25) is 5.88 Å². The lowest BCUT2D eigenvalue weighted by molar-refractivity contribution is 0.114. The van der Waals surface area contributed by atoms with E-state index in [0.717, 1.165) is 18.4 Å². The molecule has 1 heterocycles. The second-order valence-electron chi connectivity index (χ2n) is 3.89. The zero-order valence-electron chi connectivity index (χ0n) is 8.60. The molecule has 0 amide bonds. The van der Waals surface area contributed by atoms with Crippen molar-refractivity contribution >= 4 is 0 Å². The molecule has 1 aliphatic carbocycles. The molecule has 0 radical (unpaired) electrons. The number of nitrogens with two attached hydrogens (primary N) is 1. The van der Waals surface area contributed by atoms with Crippen molar-refractivity contribution in [2.75, 3.05) is 6.61 Å². The Labute approximate surface area is 89.1 Å². The van der Waals surface area contributed by atoms with E-state index in [1.165, 1.54) is 6.42 Å². The van der Waals surface area contributed by atoms with E-state index in [1.807, 2.05) is 12.1 Å². The van der Waals surface area contributed by atoms with Gasteiger partial charge in [-0.1, -0.05) is 6.07 Å². The van der Waals surface area contributed by atoms with Gasteiger partial charge in [-0.3, -0.25) is 0 Å². The highest BCUT2D eigenvalue weighted by atomic mass is 16.5. The highest BCUT2D eigenvalue weighted by Crippen LogP contribution is 2.24. The normalized spacial score (nSPS) is 18.3. The molecule has 82 valence electrons. The number of hydrogen-bond donors (Lipinski definition) is 2. The maximum atomic E-state index is 8.87. The fourth-order valence-corrected chi connectivity index (χ4v) is 1.45. The number of ether oxygens (including phenoxy) is 1. The van der Waals surface area contributed by atoms with Crippen LogP contribution >= 0.6 is 0 Å². The molecule has 1 fully saturated rings. The van der Waals surface area contributed by atoms with E-state index in [9.17, 15) is 0 Å². The van der Waals surface area contributed by atoms with E-state index in [-0.39, 0.29) is 12.6 Å². The van der Waals surface area contributed by atoms with Crippen molar-refractivity contribution in [1.82, 2.24) is 4.98 Å². The van der Waals surface area contributed by atoms with E-state index < -0.39 is 0 Å². The average Bonchev–Trinajstić information content (AvgIpc) is 2.23. The van der Waals surface area contributed by atoms with E-state index in [1.54, 1.807) is 6.20 Å². The quantitative estimate of drug-likeness (QED) is 0.774. The van der Waals surface area contributed by atoms with Crippen LogP contribution < -0.4 is 10.5 Å². The summed E-state index contributed by atoms with van der Waals surface area (Å²) >= 11 is 0. The third-order valence-corrected chi connectivity index (χ3v) is 2.72. The average molecular weight is 208 g/mol. The first-order chi connectivity index (χ1) is 7.29. The smallest absolute Gasteiger partial charge is 0.213 e. The van der Waals surface area contributed by atoms with Crippen LogP contribution in [-0.4, -0.2) is 22.8 Å². The van der Waals surface area contributed by atoms with Crippen LogP contribution in [0.5, 0.6) is 5.88 Å². The summed E-state index contributed by atoms with van der Waals surface area (Å²) in [5.74, 6) is 0.647. The summed E-state index contributed by atoms with van der Waals surface area (Å²) in [4.78, 5) is 4.16. The Balaban J connectivity index is 1.96. The minimum atomic E-state index is -0.352. The van der Waals surface area contributed by atoms with Crippen molar-refractivity contribution in [3.8, 4) is 5.88 Å². The van der Waals surface area contributed by atoms with E-state index in [0.29, 0.717) is 12.0 Å². The summed E-state index contributed by atoms with van der Waals surface area (Å²) in [5, 5.41) is 8.87. The molecule has 0 aromatic carbocycles. The van der Waals surface area contributed by atoms with Crippen molar-refractivity contribution in [3.05, 3.63) is 23.9 Å². The fourth-order valence-electron chi connectivity index (χ4n) is 1.45. The van der Waals surface area contributed by atoms with Crippen LogP contribution in [0.3, 0.4) is 0 Å². The Morgan fingerprint density at radius 1 is 1.53 bits per heavy atom. The molecule has 1 atom stereocenters. The Morgan fingerprint density at radius 2 is 2.33 bits per heavy atom. The Morgan fingerprint density at radius 3 is 2.80 bits per heavy atom. The molecular formula is C11H16N2O2. The molecule has 3 N–H and O–H groups in total. The van der Waals surface area contributed by atoms with E-state index >= 15 is 0 Å². The number of aliphatic hydroxyl groups excluding tert-OH is 1. The summed E-state index contributed by atoms with van der Waals surface area (Å²) in [6, 6.07) is 3.31. The van der Waals surface area contributed by atoms with Crippen molar-refractivity contribution in [2.24, 2.45) is 5.73 Å². The van der Waals surface area contributed by atoms with Crippen LogP contribution in [0.15, 0.2) is 18.3 Å². The molecule has 15 heavy (non-hydrogen) atoms. The van der Waals surface area contributed by atoms with Gasteiger partial charge in [0.15, 0.2) is 0 Å². The highest BCUT2D eigenvalue weighted by molar-refractivity contribution is 5.20.